The number of carbonyl (C=O) groups excluding carboxylic acids is 1. The standard InChI is InChI=1S/C25H29ClFN7O2S/c1-15-12-34(13-16(2)29-15)14-24(36)31-23-10-18(5-6-28-23)30-22-11-21(32-33-25(22)37-8-7-35)19-9-17(26)3-4-20(19)27/h3-6,9-11,15-16,29,35H,7-8,12-14H2,1-2H3,(H2,28,30,31,32,36). The molecule has 3 heterocycles. The SMILES string of the molecule is CC1CN(CC(=O)Nc2cc(Nc3cc(-c4cc(Cl)ccc4F)nnc3SCCO)ccn2)CC(C)N1. The lowest BCUT2D eigenvalue weighted by atomic mass is 10.1. The molecule has 0 spiro atoms. The fourth-order valence-electron chi connectivity index (χ4n) is 4.23. The van der Waals surface area contributed by atoms with Crippen LogP contribution < -0.4 is 16.0 Å². The number of carbonyl (C=O) groups is 1. The van der Waals surface area contributed by atoms with E-state index in [1.807, 2.05) is 0 Å². The van der Waals surface area contributed by atoms with Gasteiger partial charge in [0.05, 0.1) is 24.5 Å². The number of benzene rings is 1. The van der Waals surface area contributed by atoms with Gasteiger partial charge in [-0.25, -0.2) is 9.37 Å². The van der Waals surface area contributed by atoms with Crippen LogP contribution in [0.4, 0.5) is 21.6 Å². The number of rotatable bonds is 9. The lowest BCUT2D eigenvalue weighted by molar-refractivity contribution is -0.117. The largest absolute Gasteiger partial charge is 0.396 e. The topological polar surface area (TPSA) is 115 Å². The monoisotopic (exact) mass is 545 g/mol. The maximum Gasteiger partial charge on any atom is 0.239 e. The Labute approximate surface area is 224 Å². The minimum atomic E-state index is -0.470. The van der Waals surface area contributed by atoms with E-state index < -0.39 is 5.82 Å². The molecule has 1 amide bonds. The summed E-state index contributed by atoms with van der Waals surface area (Å²) in [6.07, 6.45) is 1.58. The van der Waals surface area contributed by atoms with Gasteiger partial charge in [0.15, 0.2) is 0 Å². The van der Waals surface area contributed by atoms with Gasteiger partial charge in [0.1, 0.15) is 16.7 Å². The molecule has 1 aliphatic rings. The molecule has 0 radical (unpaired) electrons. The van der Waals surface area contributed by atoms with Crippen LogP contribution in [0.3, 0.4) is 0 Å². The van der Waals surface area contributed by atoms with Crippen molar-refractivity contribution in [1.82, 2.24) is 25.4 Å². The Balaban J connectivity index is 1.51. The Morgan fingerprint density at radius 2 is 2.00 bits per heavy atom. The van der Waals surface area contributed by atoms with E-state index in [4.69, 9.17) is 11.6 Å². The van der Waals surface area contributed by atoms with Gasteiger partial charge >= 0.3 is 0 Å². The van der Waals surface area contributed by atoms with Crippen molar-refractivity contribution >= 4 is 46.5 Å². The fraction of sp³-hybridized carbons (Fsp3) is 0.360. The van der Waals surface area contributed by atoms with Crippen LogP contribution in [0.25, 0.3) is 11.3 Å². The van der Waals surface area contributed by atoms with E-state index in [9.17, 15) is 14.3 Å². The summed E-state index contributed by atoms with van der Waals surface area (Å²) in [5, 5.41) is 28.2. The molecule has 0 bridgehead atoms. The first kappa shape index (κ1) is 27.2. The molecule has 0 aliphatic carbocycles. The highest BCUT2D eigenvalue weighted by atomic mass is 35.5. The highest BCUT2D eigenvalue weighted by Crippen LogP contribution is 2.32. The van der Waals surface area contributed by atoms with Crippen LogP contribution >= 0.6 is 23.4 Å². The molecular formula is C25H29ClFN7O2S. The van der Waals surface area contributed by atoms with Crippen molar-refractivity contribution in [3.05, 3.63) is 53.4 Å². The van der Waals surface area contributed by atoms with E-state index >= 15 is 0 Å². The number of hydrogen-bond donors (Lipinski definition) is 4. The third-order valence-corrected chi connectivity index (χ3v) is 6.80. The highest BCUT2D eigenvalue weighted by molar-refractivity contribution is 7.99. The third kappa shape index (κ3) is 7.59. The predicted molar refractivity (Wildman–Crippen MR) is 145 cm³/mol. The zero-order valence-electron chi connectivity index (χ0n) is 20.5. The van der Waals surface area contributed by atoms with Crippen molar-refractivity contribution in [2.24, 2.45) is 0 Å². The molecule has 2 unspecified atom stereocenters. The van der Waals surface area contributed by atoms with Gasteiger partial charge in [0.25, 0.3) is 0 Å². The summed E-state index contributed by atoms with van der Waals surface area (Å²) >= 11 is 7.37. The molecule has 4 N–H and O–H groups in total. The van der Waals surface area contributed by atoms with E-state index in [0.29, 0.717) is 50.8 Å². The van der Waals surface area contributed by atoms with Crippen LogP contribution in [-0.2, 0) is 4.79 Å². The second-order valence-electron chi connectivity index (χ2n) is 8.91. The molecule has 196 valence electrons. The summed E-state index contributed by atoms with van der Waals surface area (Å²) in [4.78, 5) is 19.1. The maximum atomic E-state index is 14.5. The molecule has 3 aromatic rings. The van der Waals surface area contributed by atoms with Crippen LogP contribution in [0.15, 0.2) is 47.6 Å². The average Bonchev–Trinajstić information content (AvgIpc) is 2.84. The van der Waals surface area contributed by atoms with E-state index in [1.54, 1.807) is 24.4 Å². The molecule has 1 fully saturated rings. The zero-order valence-corrected chi connectivity index (χ0v) is 22.1. The van der Waals surface area contributed by atoms with Crippen LogP contribution in [0.2, 0.25) is 5.02 Å². The summed E-state index contributed by atoms with van der Waals surface area (Å²) in [7, 11) is 0. The summed E-state index contributed by atoms with van der Waals surface area (Å²) in [5.41, 5.74) is 1.74. The van der Waals surface area contributed by atoms with Crippen molar-refractivity contribution in [2.75, 3.05) is 42.6 Å². The zero-order chi connectivity index (χ0) is 26.4. The van der Waals surface area contributed by atoms with E-state index in [-0.39, 0.29) is 24.6 Å². The van der Waals surface area contributed by atoms with Gasteiger partial charge in [-0.3, -0.25) is 9.69 Å². The first-order valence-corrected chi connectivity index (χ1v) is 13.2. The summed E-state index contributed by atoms with van der Waals surface area (Å²) in [6.45, 7) is 6.04. The van der Waals surface area contributed by atoms with E-state index in [0.717, 1.165) is 13.1 Å². The number of halogens is 2. The Morgan fingerprint density at radius 1 is 1.22 bits per heavy atom. The number of amides is 1. The van der Waals surface area contributed by atoms with Gasteiger partial charge in [-0.2, -0.15) is 0 Å². The third-order valence-electron chi connectivity index (χ3n) is 5.60. The number of aliphatic hydroxyl groups is 1. The van der Waals surface area contributed by atoms with Gasteiger partial charge in [-0.05, 0) is 44.2 Å². The van der Waals surface area contributed by atoms with Gasteiger partial charge in [-0.1, -0.05) is 11.6 Å². The number of anilines is 3. The van der Waals surface area contributed by atoms with Crippen LogP contribution in [0.1, 0.15) is 13.8 Å². The van der Waals surface area contributed by atoms with Crippen LogP contribution in [-0.4, -0.2) is 75.2 Å². The summed E-state index contributed by atoms with van der Waals surface area (Å²) in [6, 6.07) is 10.0. The first-order chi connectivity index (χ1) is 17.8. The smallest absolute Gasteiger partial charge is 0.239 e. The number of thioether (sulfide) groups is 1. The minimum Gasteiger partial charge on any atom is -0.396 e. The number of pyridine rings is 1. The summed E-state index contributed by atoms with van der Waals surface area (Å²) < 4.78 is 14.5. The van der Waals surface area contributed by atoms with Gasteiger partial charge < -0.3 is 21.1 Å². The molecule has 0 saturated carbocycles. The Bertz CT molecular complexity index is 1240. The summed E-state index contributed by atoms with van der Waals surface area (Å²) in [5.74, 6) is 0.200. The van der Waals surface area contributed by atoms with Gasteiger partial charge in [-0.15, -0.1) is 22.0 Å². The van der Waals surface area contributed by atoms with E-state index in [1.165, 1.54) is 30.0 Å². The Kier molecular flexibility index (Phi) is 9.28. The van der Waals surface area contributed by atoms with Crippen molar-refractivity contribution in [3.63, 3.8) is 0 Å². The molecule has 12 heteroatoms. The number of nitrogens with zero attached hydrogens (tertiary/aromatic N) is 4. The van der Waals surface area contributed by atoms with Gasteiger partial charge in [0.2, 0.25) is 5.91 Å². The second kappa shape index (κ2) is 12.6. The molecule has 1 aromatic carbocycles. The molecular weight excluding hydrogens is 517 g/mol. The number of piperazine rings is 1. The number of aliphatic hydroxyl groups excluding tert-OH is 1. The van der Waals surface area contributed by atoms with Crippen molar-refractivity contribution in [3.8, 4) is 11.3 Å². The minimum absolute atomic E-state index is 0.0352. The Morgan fingerprint density at radius 3 is 2.76 bits per heavy atom. The molecule has 1 saturated heterocycles. The normalized spacial score (nSPS) is 18.0. The number of hydrogen-bond acceptors (Lipinski definition) is 9. The average molecular weight is 546 g/mol. The molecule has 37 heavy (non-hydrogen) atoms. The highest BCUT2D eigenvalue weighted by Gasteiger charge is 2.22. The molecule has 2 atom stereocenters. The number of nitrogens with one attached hydrogen (secondary N) is 3. The van der Waals surface area contributed by atoms with E-state index in [2.05, 4.69) is 49.9 Å². The second-order valence-corrected chi connectivity index (χ2v) is 10.4. The fourth-order valence-corrected chi connectivity index (χ4v) is 5.05. The van der Waals surface area contributed by atoms with Crippen molar-refractivity contribution < 1.29 is 14.3 Å². The van der Waals surface area contributed by atoms with Crippen LogP contribution in [0, 0.1) is 5.82 Å². The lowest BCUT2D eigenvalue weighted by Crippen LogP contribution is -2.55. The quantitative estimate of drug-likeness (QED) is 0.298. The van der Waals surface area contributed by atoms with Crippen LogP contribution in [0.5, 0.6) is 0 Å². The first-order valence-electron chi connectivity index (χ1n) is 11.9. The lowest BCUT2D eigenvalue weighted by Gasteiger charge is -2.35. The predicted octanol–water partition coefficient (Wildman–Crippen LogP) is 3.78. The maximum absolute atomic E-state index is 14.5. The molecule has 1 aliphatic heterocycles. The van der Waals surface area contributed by atoms with Crippen molar-refractivity contribution in [1.29, 1.82) is 0 Å². The van der Waals surface area contributed by atoms with Crippen molar-refractivity contribution in [2.45, 2.75) is 31.0 Å². The Hall–Kier alpha value is -2.83. The molecule has 2 aromatic heterocycles. The molecule has 9 nitrogen and oxygen atoms in total. The van der Waals surface area contributed by atoms with Gasteiger partial charge in [0, 0.05) is 59.5 Å². The molecule has 4 rings (SSSR count). The number of aromatic nitrogens is 3.